The number of hydrogen-bond donors (Lipinski definition) is 2. The summed E-state index contributed by atoms with van der Waals surface area (Å²) in [5.41, 5.74) is 10.6. The van der Waals surface area contributed by atoms with Gasteiger partial charge in [0, 0.05) is 19.1 Å². The zero-order valence-corrected chi connectivity index (χ0v) is 11.4. The highest BCUT2D eigenvalue weighted by Crippen LogP contribution is 2.39. The maximum absolute atomic E-state index is 11.6. The maximum atomic E-state index is 11.6. The van der Waals surface area contributed by atoms with Gasteiger partial charge in [0.2, 0.25) is 5.91 Å². The normalized spacial score (nSPS) is 31.8. The summed E-state index contributed by atoms with van der Waals surface area (Å²) in [6.07, 6.45) is 1.86. The number of carbonyl (C=O) groups is 1. The summed E-state index contributed by atoms with van der Waals surface area (Å²) in [5.74, 6) is -0.0602. The minimum atomic E-state index is -2.94. The monoisotopic (exact) mass is 275 g/mol. The van der Waals surface area contributed by atoms with Crippen molar-refractivity contribution in [3.05, 3.63) is 0 Å². The van der Waals surface area contributed by atoms with E-state index in [9.17, 15) is 13.2 Å². The number of nitrogens with two attached hydrogens (primary N) is 2. The molecule has 18 heavy (non-hydrogen) atoms. The summed E-state index contributed by atoms with van der Waals surface area (Å²) < 4.78 is 23.0. The molecule has 1 saturated heterocycles. The molecule has 0 spiro atoms. The van der Waals surface area contributed by atoms with E-state index in [0.29, 0.717) is 13.1 Å². The Bertz CT molecular complexity index is 446. The molecule has 1 heterocycles. The third-order valence-electron chi connectivity index (χ3n) is 4.04. The largest absolute Gasteiger partial charge is 0.368 e. The van der Waals surface area contributed by atoms with Crippen LogP contribution in [-0.4, -0.2) is 55.4 Å². The molecule has 7 heteroatoms. The Morgan fingerprint density at radius 3 is 2.50 bits per heavy atom. The van der Waals surface area contributed by atoms with Gasteiger partial charge in [-0.3, -0.25) is 9.69 Å². The molecule has 1 amide bonds. The summed E-state index contributed by atoms with van der Waals surface area (Å²) in [6, 6.07) is -0.107. The van der Waals surface area contributed by atoms with Gasteiger partial charge in [0.15, 0.2) is 9.84 Å². The highest BCUT2D eigenvalue weighted by molar-refractivity contribution is 7.91. The Morgan fingerprint density at radius 1 is 1.44 bits per heavy atom. The topological polar surface area (TPSA) is 106 Å². The first-order valence-electron chi connectivity index (χ1n) is 6.28. The first-order valence-corrected chi connectivity index (χ1v) is 8.10. The molecule has 0 aromatic rings. The predicted octanol–water partition coefficient (Wildman–Crippen LogP) is -1.30. The van der Waals surface area contributed by atoms with Crippen molar-refractivity contribution in [1.29, 1.82) is 0 Å². The minimum absolute atomic E-state index is 0.107. The quantitative estimate of drug-likeness (QED) is 0.663. The van der Waals surface area contributed by atoms with Gasteiger partial charge in [0.25, 0.3) is 0 Å². The second-order valence-electron chi connectivity index (χ2n) is 5.61. The van der Waals surface area contributed by atoms with Crippen LogP contribution in [0.4, 0.5) is 0 Å². The van der Waals surface area contributed by atoms with Crippen molar-refractivity contribution in [1.82, 2.24) is 4.90 Å². The molecule has 2 unspecified atom stereocenters. The Hall–Kier alpha value is -0.660. The zero-order chi connectivity index (χ0) is 13.6. The molecular weight excluding hydrogens is 254 g/mol. The summed E-state index contributed by atoms with van der Waals surface area (Å²) in [5, 5.41) is 0. The van der Waals surface area contributed by atoms with Crippen LogP contribution in [0, 0.1) is 5.92 Å². The van der Waals surface area contributed by atoms with Gasteiger partial charge in [-0.2, -0.15) is 0 Å². The van der Waals surface area contributed by atoms with Crippen LogP contribution >= 0.6 is 0 Å². The van der Waals surface area contributed by atoms with Gasteiger partial charge >= 0.3 is 0 Å². The Balaban J connectivity index is 2.07. The Labute approximate surface area is 108 Å². The molecule has 104 valence electrons. The molecule has 0 bridgehead atoms. The number of sulfone groups is 1. The van der Waals surface area contributed by atoms with Crippen LogP contribution < -0.4 is 11.5 Å². The molecule has 0 aromatic heterocycles. The van der Waals surface area contributed by atoms with Crippen LogP contribution in [0.2, 0.25) is 0 Å². The van der Waals surface area contributed by atoms with E-state index < -0.39 is 21.3 Å². The van der Waals surface area contributed by atoms with Gasteiger partial charge in [-0.25, -0.2) is 8.42 Å². The van der Waals surface area contributed by atoms with E-state index in [1.54, 1.807) is 0 Å². The van der Waals surface area contributed by atoms with E-state index in [2.05, 4.69) is 0 Å². The lowest BCUT2D eigenvalue weighted by Gasteiger charge is -2.39. The molecule has 2 rings (SSSR count). The number of rotatable bonds is 4. The summed E-state index contributed by atoms with van der Waals surface area (Å²) >= 11 is 0. The molecule has 4 N–H and O–H groups in total. The van der Waals surface area contributed by atoms with Crippen molar-refractivity contribution in [2.75, 3.05) is 24.6 Å². The highest BCUT2D eigenvalue weighted by atomic mass is 32.2. The van der Waals surface area contributed by atoms with E-state index in [1.807, 2.05) is 11.8 Å². The van der Waals surface area contributed by atoms with Gasteiger partial charge in [-0.1, -0.05) is 0 Å². The van der Waals surface area contributed by atoms with Crippen molar-refractivity contribution in [2.24, 2.45) is 17.4 Å². The van der Waals surface area contributed by atoms with Crippen molar-refractivity contribution in [3.63, 3.8) is 0 Å². The van der Waals surface area contributed by atoms with E-state index in [0.717, 1.165) is 12.8 Å². The predicted molar refractivity (Wildman–Crippen MR) is 68.5 cm³/mol. The molecule has 1 saturated carbocycles. The van der Waals surface area contributed by atoms with E-state index in [-0.39, 0.29) is 23.5 Å². The Morgan fingerprint density at radius 2 is 2.06 bits per heavy atom. The lowest BCUT2D eigenvalue weighted by Crippen LogP contribution is -2.63. The SMILES string of the molecule is CC1CS(=O)(=O)CCN1CC(N)(C(N)=O)C1CC1. The molecule has 0 radical (unpaired) electrons. The summed E-state index contributed by atoms with van der Waals surface area (Å²) in [4.78, 5) is 13.5. The molecule has 2 atom stereocenters. The molecule has 2 aliphatic rings. The maximum Gasteiger partial charge on any atom is 0.239 e. The van der Waals surface area contributed by atoms with Crippen molar-refractivity contribution < 1.29 is 13.2 Å². The first kappa shape index (κ1) is 13.8. The van der Waals surface area contributed by atoms with Crippen LogP contribution in [-0.2, 0) is 14.6 Å². The fourth-order valence-corrected chi connectivity index (χ4v) is 4.24. The average Bonchev–Trinajstić information content (AvgIpc) is 3.04. The summed E-state index contributed by atoms with van der Waals surface area (Å²) in [7, 11) is -2.94. The minimum Gasteiger partial charge on any atom is -0.368 e. The second kappa shape index (κ2) is 4.47. The van der Waals surface area contributed by atoms with Crippen molar-refractivity contribution >= 4 is 15.7 Å². The smallest absolute Gasteiger partial charge is 0.239 e. The molecule has 1 aliphatic carbocycles. The molecular formula is C11H21N3O3S. The van der Waals surface area contributed by atoms with Gasteiger partial charge in [0.05, 0.1) is 11.5 Å². The molecule has 2 fully saturated rings. The van der Waals surface area contributed by atoms with Crippen LogP contribution in [0.5, 0.6) is 0 Å². The third-order valence-corrected chi connectivity index (χ3v) is 5.83. The molecule has 0 aromatic carbocycles. The summed E-state index contributed by atoms with van der Waals surface area (Å²) in [6.45, 7) is 2.65. The second-order valence-corrected chi connectivity index (χ2v) is 7.84. The highest BCUT2D eigenvalue weighted by Gasteiger charge is 2.48. The van der Waals surface area contributed by atoms with E-state index in [1.165, 1.54) is 0 Å². The van der Waals surface area contributed by atoms with E-state index in [4.69, 9.17) is 11.5 Å². The number of primary amides is 1. The van der Waals surface area contributed by atoms with Crippen LogP contribution in [0.3, 0.4) is 0 Å². The lowest BCUT2D eigenvalue weighted by atomic mass is 9.92. The number of carbonyl (C=O) groups excluding carboxylic acids is 1. The van der Waals surface area contributed by atoms with Gasteiger partial charge in [-0.05, 0) is 25.7 Å². The standard InChI is InChI=1S/C11H21N3O3S/c1-8-6-18(16,17)5-4-14(8)7-11(13,10(12)15)9-2-3-9/h8-9H,2-7,13H2,1H3,(H2,12,15). The fourth-order valence-electron chi connectivity index (χ4n) is 2.61. The zero-order valence-electron chi connectivity index (χ0n) is 10.6. The van der Waals surface area contributed by atoms with E-state index >= 15 is 0 Å². The number of hydrogen-bond acceptors (Lipinski definition) is 5. The average molecular weight is 275 g/mol. The van der Waals surface area contributed by atoms with Gasteiger partial charge in [0.1, 0.15) is 5.54 Å². The van der Waals surface area contributed by atoms with Gasteiger partial charge in [-0.15, -0.1) is 0 Å². The Kier molecular flexibility index (Phi) is 3.42. The fraction of sp³-hybridized carbons (Fsp3) is 0.909. The van der Waals surface area contributed by atoms with Crippen LogP contribution in [0.15, 0.2) is 0 Å². The van der Waals surface area contributed by atoms with Gasteiger partial charge < -0.3 is 11.5 Å². The van der Waals surface area contributed by atoms with Crippen LogP contribution in [0.1, 0.15) is 19.8 Å². The third kappa shape index (κ3) is 2.67. The van der Waals surface area contributed by atoms with Crippen molar-refractivity contribution in [2.45, 2.75) is 31.3 Å². The first-order chi connectivity index (χ1) is 8.24. The number of nitrogens with zero attached hydrogens (tertiary/aromatic N) is 1. The number of amides is 1. The van der Waals surface area contributed by atoms with Crippen molar-refractivity contribution in [3.8, 4) is 0 Å². The van der Waals surface area contributed by atoms with Crippen LogP contribution in [0.25, 0.3) is 0 Å². The lowest BCUT2D eigenvalue weighted by molar-refractivity contribution is -0.124. The molecule has 6 nitrogen and oxygen atoms in total. The molecule has 1 aliphatic heterocycles.